The Labute approximate surface area is 109 Å². The molecule has 1 aliphatic heterocycles. The lowest BCUT2D eigenvalue weighted by atomic mass is 10.0. The van der Waals surface area contributed by atoms with E-state index in [1.807, 2.05) is 26.0 Å². The van der Waals surface area contributed by atoms with E-state index in [-0.39, 0.29) is 24.3 Å². The largest absolute Gasteiger partial charge is 0.465 e. The van der Waals surface area contributed by atoms with Crippen molar-refractivity contribution in [2.24, 2.45) is 5.73 Å². The fraction of sp³-hybridized carbons (Fsp3) is 0.714. The molecule has 1 aromatic rings. The fourth-order valence-corrected chi connectivity index (χ4v) is 2.83. The van der Waals surface area contributed by atoms with Gasteiger partial charge in [0.1, 0.15) is 11.5 Å². The van der Waals surface area contributed by atoms with E-state index in [0.29, 0.717) is 0 Å². The number of ether oxygens (including phenoxy) is 1. The van der Waals surface area contributed by atoms with Gasteiger partial charge in [-0.15, -0.1) is 0 Å². The van der Waals surface area contributed by atoms with Crippen molar-refractivity contribution in [3.63, 3.8) is 0 Å². The summed E-state index contributed by atoms with van der Waals surface area (Å²) in [5.74, 6) is 1.90. The standard InChI is InChI=1S/C14H24N2O2/c1-9-5-6-13(18-9)14(12(4)15)16-7-10(2)17-11(3)8-16/h5-6,10-12,14H,7-8,15H2,1-4H3/t10-,11+,12?,14?. The zero-order chi connectivity index (χ0) is 13.3. The molecule has 1 saturated heterocycles. The van der Waals surface area contributed by atoms with Crippen molar-refractivity contribution in [3.05, 3.63) is 23.7 Å². The third kappa shape index (κ3) is 2.94. The van der Waals surface area contributed by atoms with Gasteiger partial charge in [0.15, 0.2) is 0 Å². The summed E-state index contributed by atoms with van der Waals surface area (Å²) in [6, 6.07) is 4.20. The van der Waals surface area contributed by atoms with E-state index in [2.05, 4.69) is 18.7 Å². The SMILES string of the molecule is Cc1ccc(C(C(C)N)N2C[C@@H](C)O[C@@H](C)C2)o1. The number of hydrogen-bond donors (Lipinski definition) is 1. The van der Waals surface area contributed by atoms with Crippen LogP contribution in [0, 0.1) is 6.92 Å². The van der Waals surface area contributed by atoms with Gasteiger partial charge >= 0.3 is 0 Å². The highest BCUT2D eigenvalue weighted by Gasteiger charge is 2.32. The molecule has 0 radical (unpaired) electrons. The van der Waals surface area contributed by atoms with Crippen LogP contribution in [0.4, 0.5) is 0 Å². The van der Waals surface area contributed by atoms with Gasteiger partial charge in [-0.25, -0.2) is 0 Å². The van der Waals surface area contributed by atoms with Gasteiger partial charge in [-0.05, 0) is 39.8 Å². The third-order valence-electron chi connectivity index (χ3n) is 3.39. The predicted octanol–water partition coefficient (Wildman–Crippen LogP) is 2.09. The molecule has 4 atom stereocenters. The molecule has 0 aromatic carbocycles. The molecule has 102 valence electrons. The van der Waals surface area contributed by atoms with E-state index in [1.54, 1.807) is 0 Å². The highest BCUT2D eigenvalue weighted by molar-refractivity contribution is 5.12. The van der Waals surface area contributed by atoms with Crippen LogP contribution in [0.5, 0.6) is 0 Å². The van der Waals surface area contributed by atoms with Crippen LogP contribution in [-0.2, 0) is 4.74 Å². The first-order chi connectivity index (χ1) is 8.47. The summed E-state index contributed by atoms with van der Waals surface area (Å²) in [6.45, 7) is 10.0. The number of morpholine rings is 1. The number of nitrogens with two attached hydrogens (primary N) is 1. The molecule has 2 rings (SSSR count). The zero-order valence-electron chi connectivity index (χ0n) is 11.7. The van der Waals surface area contributed by atoms with Crippen LogP contribution in [0.25, 0.3) is 0 Å². The molecule has 1 fully saturated rings. The van der Waals surface area contributed by atoms with Crippen molar-refractivity contribution in [1.82, 2.24) is 4.90 Å². The van der Waals surface area contributed by atoms with Crippen LogP contribution >= 0.6 is 0 Å². The monoisotopic (exact) mass is 252 g/mol. The van der Waals surface area contributed by atoms with Crippen LogP contribution < -0.4 is 5.73 Å². The quantitative estimate of drug-likeness (QED) is 0.895. The summed E-state index contributed by atoms with van der Waals surface area (Å²) in [5.41, 5.74) is 6.16. The maximum Gasteiger partial charge on any atom is 0.122 e. The normalized spacial score (nSPS) is 29.2. The van der Waals surface area contributed by atoms with Crippen molar-refractivity contribution < 1.29 is 9.15 Å². The lowest BCUT2D eigenvalue weighted by molar-refractivity contribution is -0.0854. The summed E-state index contributed by atoms with van der Waals surface area (Å²) in [6.07, 6.45) is 0.483. The minimum absolute atomic E-state index is 0.0352. The van der Waals surface area contributed by atoms with Gasteiger partial charge in [-0.2, -0.15) is 0 Å². The van der Waals surface area contributed by atoms with Crippen LogP contribution in [0.3, 0.4) is 0 Å². The molecule has 1 aliphatic rings. The van der Waals surface area contributed by atoms with E-state index in [0.717, 1.165) is 24.6 Å². The second-order valence-corrected chi connectivity index (χ2v) is 5.46. The maximum absolute atomic E-state index is 6.16. The highest BCUT2D eigenvalue weighted by atomic mass is 16.5. The predicted molar refractivity (Wildman–Crippen MR) is 71.4 cm³/mol. The molecule has 2 heterocycles. The van der Waals surface area contributed by atoms with E-state index in [9.17, 15) is 0 Å². The van der Waals surface area contributed by atoms with Crippen molar-refractivity contribution >= 4 is 0 Å². The molecule has 0 aliphatic carbocycles. The van der Waals surface area contributed by atoms with Crippen molar-refractivity contribution in [2.45, 2.75) is 52.0 Å². The minimum atomic E-state index is 0.0352. The van der Waals surface area contributed by atoms with E-state index >= 15 is 0 Å². The summed E-state index contributed by atoms with van der Waals surface area (Å²) < 4.78 is 11.5. The third-order valence-corrected chi connectivity index (χ3v) is 3.39. The molecule has 2 N–H and O–H groups in total. The van der Waals surface area contributed by atoms with Gasteiger partial charge in [0.25, 0.3) is 0 Å². The lowest BCUT2D eigenvalue weighted by Crippen LogP contribution is -2.50. The molecule has 0 saturated carbocycles. The lowest BCUT2D eigenvalue weighted by Gasteiger charge is -2.40. The Morgan fingerprint density at radius 2 is 1.89 bits per heavy atom. The molecule has 2 unspecified atom stereocenters. The van der Waals surface area contributed by atoms with Crippen molar-refractivity contribution in [2.75, 3.05) is 13.1 Å². The average molecular weight is 252 g/mol. The first kappa shape index (κ1) is 13.6. The van der Waals surface area contributed by atoms with Gasteiger partial charge in [-0.1, -0.05) is 0 Å². The maximum atomic E-state index is 6.16. The van der Waals surface area contributed by atoms with Gasteiger partial charge in [0, 0.05) is 19.1 Å². The van der Waals surface area contributed by atoms with Crippen molar-refractivity contribution in [3.8, 4) is 0 Å². The topological polar surface area (TPSA) is 51.6 Å². The smallest absolute Gasteiger partial charge is 0.122 e. The van der Waals surface area contributed by atoms with Gasteiger partial charge in [0.2, 0.25) is 0 Å². The molecule has 0 spiro atoms. The molecule has 18 heavy (non-hydrogen) atoms. The van der Waals surface area contributed by atoms with E-state index in [4.69, 9.17) is 14.9 Å². The summed E-state index contributed by atoms with van der Waals surface area (Å²) >= 11 is 0. The van der Waals surface area contributed by atoms with Gasteiger partial charge in [0.05, 0.1) is 18.2 Å². The van der Waals surface area contributed by atoms with Crippen LogP contribution in [-0.4, -0.2) is 36.2 Å². The highest BCUT2D eigenvalue weighted by Crippen LogP contribution is 2.28. The first-order valence-electron chi connectivity index (χ1n) is 6.68. The number of hydrogen-bond acceptors (Lipinski definition) is 4. The van der Waals surface area contributed by atoms with Crippen LogP contribution in [0.15, 0.2) is 16.5 Å². The molecule has 0 bridgehead atoms. The number of rotatable bonds is 3. The Hall–Kier alpha value is -0.840. The Balaban J connectivity index is 2.19. The molecule has 0 amide bonds. The Kier molecular flexibility index (Phi) is 4.10. The summed E-state index contributed by atoms with van der Waals surface area (Å²) in [5, 5.41) is 0. The molecular formula is C14H24N2O2. The number of nitrogens with zero attached hydrogens (tertiary/aromatic N) is 1. The Morgan fingerprint density at radius 1 is 1.28 bits per heavy atom. The van der Waals surface area contributed by atoms with Gasteiger partial charge < -0.3 is 14.9 Å². The molecular weight excluding hydrogens is 228 g/mol. The van der Waals surface area contributed by atoms with Gasteiger partial charge in [-0.3, -0.25) is 4.90 Å². The minimum Gasteiger partial charge on any atom is -0.465 e. The second kappa shape index (κ2) is 5.43. The number of furan rings is 1. The summed E-state index contributed by atoms with van der Waals surface area (Å²) in [7, 11) is 0. The van der Waals surface area contributed by atoms with E-state index in [1.165, 1.54) is 0 Å². The summed E-state index contributed by atoms with van der Waals surface area (Å²) in [4.78, 5) is 2.38. The molecule has 4 heteroatoms. The van der Waals surface area contributed by atoms with Crippen LogP contribution in [0.2, 0.25) is 0 Å². The Bertz CT molecular complexity index is 379. The Morgan fingerprint density at radius 3 is 2.33 bits per heavy atom. The first-order valence-corrected chi connectivity index (χ1v) is 6.68. The molecule has 4 nitrogen and oxygen atoms in total. The van der Waals surface area contributed by atoms with E-state index < -0.39 is 0 Å². The van der Waals surface area contributed by atoms with Crippen molar-refractivity contribution in [1.29, 1.82) is 0 Å². The number of aryl methyl sites for hydroxylation is 1. The average Bonchev–Trinajstić information content (AvgIpc) is 2.62. The zero-order valence-corrected chi connectivity index (χ0v) is 11.7. The van der Waals surface area contributed by atoms with Crippen LogP contribution in [0.1, 0.15) is 38.3 Å². The second-order valence-electron chi connectivity index (χ2n) is 5.46. The fourth-order valence-electron chi connectivity index (χ4n) is 2.83. The molecule has 1 aromatic heterocycles.